The van der Waals surface area contributed by atoms with Gasteiger partial charge in [0.2, 0.25) is 0 Å². The molecule has 1 unspecified atom stereocenters. The van der Waals surface area contributed by atoms with Crippen LogP contribution in [0, 0.1) is 0 Å². The van der Waals surface area contributed by atoms with Gasteiger partial charge in [0.1, 0.15) is 0 Å². The van der Waals surface area contributed by atoms with E-state index in [0.29, 0.717) is 6.04 Å². The highest BCUT2D eigenvalue weighted by molar-refractivity contribution is 7.19. The van der Waals surface area contributed by atoms with Gasteiger partial charge in [0.05, 0.1) is 6.04 Å². The summed E-state index contributed by atoms with van der Waals surface area (Å²) in [5.41, 5.74) is 0. The van der Waals surface area contributed by atoms with Crippen LogP contribution in [0.4, 0.5) is 0 Å². The molecule has 1 aliphatic rings. The summed E-state index contributed by atoms with van der Waals surface area (Å²) in [5.74, 6) is 0. The third-order valence-corrected chi connectivity index (χ3v) is 3.74. The number of rotatable bonds is 1. The summed E-state index contributed by atoms with van der Waals surface area (Å²) >= 11 is 1.86. The van der Waals surface area contributed by atoms with Crippen LogP contribution < -0.4 is 5.32 Å². The number of hydrogen-bond acceptors (Lipinski definition) is 2. The Morgan fingerprint density at radius 3 is 2.87 bits per heavy atom. The van der Waals surface area contributed by atoms with E-state index in [2.05, 4.69) is 47.8 Å². The molecule has 15 heavy (non-hydrogen) atoms. The van der Waals surface area contributed by atoms with Crippen molar-refractivity contribution in [3.63, 3.8) is 0 Å². The van der Waals surface area contributed by atoms with Gasteiger partial charge in [-0.1, -0.05) is 30.4 Å². The molecule has 1 nitrogen and oxygen atoms in total. The molecule has 0 radical (unpaired) electrons. The van der Waals surface area contributed by atoms with E-state index in [1.165, 1.54) is 15.0 Å². The van der Waals surface area contributed by atoms with Gasteiger partial charge in [-0.3, -0.25) is 0 Å². The van der Waals surface area contributed by atoms with Gasteiger partial charge in [-0.2, -0.15) is 0 Å². The number of thiophene rings is 1. The average Bonchev–Trinajstić information content (AvgIpc) is 2.74. The van der Waals surface area contributed by atoms with Gasteiger partial charge in [-0.15, -0.1) is 11.3 Å². The molecule has 2 heteroatoms. The Hall–Kier alpha value is -1.54. The van der Waals surface area contributed by atoms with Gasteiger partial charge in [-0.25, -0.2) is 0 Å². The Morgan fingerprint density at radius 1 is 1.13 bits per heavy atom. The molecule has 0 amide bonds. The molecule has 0 saturated heterocycles. The average molecular weight is 213 g/mol. The highest BCUT2D eigenvalue weighted by Crippen LogP contribution is 2.30. The van der Waals surface area contributed by atoms with Gasteiger partial charge in [0.15, 0.2) is 0 Å². The van der Waals surface area contributed by atoms with Crippen molar-refractivity contribution < 1.29 is 0 Å². The molecule has 74 valence electrons. The highest BCUT2D eigenvalue weighted by atomic mass is 32.1. The van der Waals surface area contributed by atoms with E-state index in [4.69, 9.17) is 0 Å². The van der Waals surface area contributed by atoms with Crippen molar-refractivity contribution in [1.29, 1.82) is 0 Å². The van der Waals surface area contributed by atoms with Crippen molar-refractivity contribution in [3.05, 3.63) is 59.6 Å². The van der Waals surface area contributed by atoms with E-state index < -0.39 is 0 Å². The smallest absolute Gasteiger partial charge is 0.0789 e. The van der Waals surface area contributed by atoms with Crippen LogP contribution in [0.1, 0.15) is 10.9 Å². The van der Waals surface area contributed by atoms with Gasteiger partial charge in [0, 0.05) is 9.58 Å². The van der Waals surface area contributed by atoms with Crippen molar-refractivity contribution in [2.45, 2.75) is 6.04 Å². The van der Waals surface area contributed by atoms with Gasteiger partial charge in [-0.05, 0) is 29.8 Å². The molecule has 2 heterocycles. The van der Waals surface area contributed by atoms with E-state index in [0.717, 1.165) is 0 Å². The van der Waals surface area contributed by atoms with E-state index in [1.54, 1.807) is 0 Å². The molecular weight excluding hydrogens is 202 g/mol. The molecule has 0 aliphatic carbocycles. The van der Waals surface area contributed by atoms with E-state index >= 15 is 0 Å². The van der Waals surface area contributed by atoms with Crippen LogP contribution in [0.25, 0.3) is 10.1 Å². The van der Waals surface area contributed by atoms with Gasteiger partial charge < -0.3 is 5.32 Å². The van der Waals surface area contributed by atoms with Gasteiger partial charge in [0.25, 0.3) is 0 Å². The van der Waals surface area contributed by atoms with Crippen LogP contribution in [-0.2, 0) is 0 Å². The minimum Gasteiger partial charge on any atom is -0.380 e. The van der Waals surface area contributed by atoms with Gasteiger partial charge >= 0.3 is 0 Å². The molecule has 0 saturated carbocycles. The third-order valence-electron chi connectivity index (χ3n) is 2.54. The maximum Gasteiger partial charge on any atom is 0.0789 e. The lowest BCUT2D eigenvalue weighted by Crippen LogP contribution is -2.13. The predicted octanol–water partition coefficient (Wildman–Crippen LogP) is 3.62. The fourth-order valence-electron chi connectivity index (χ4n) is 1.78. The number of hydrogen-bond donors (Lipinski definition) is 1. The second-order valence-electron chi connectivity index (χ2n) is 3.57. The van der Waals surface area contributed by atoms with Crippen molar-refractivity contribution in [1.82, 2.24) is 5.32 Å². The summed E-state index contributed by atoms with van der Waals surface area (Å²) < 4.78 is 1.36. The maximum absolute atomic E-state index is 3.34. The molecule has 0 fully saturated rings. The maximum atomic E-state index is 3.34. The SMILES string of the molecule is C1=CNC(c2cc3ccccc3s2)C=C1. The monoisotopic (exact) mass is 213 g/mol. The Morgan fingerprint density at radius 2 is 2.07 bits per heavy atom. The zero-order chi connectivity index (χ0) is 10.1. The molecule has 0 bridgehead atoms. The van der Waals surface area contributed by atoms with Crippen molar-refractivity contribution >= 4 is 21.4 Å². The second kappa shape index (κ2) is 3.55. The molecule has 1 N–H and O–H groups in total. The molecular formula is C13H11NS. The Balaban J connectivity index is 2.04. The lowest BCUT2D eigenvalue weighted by molar-refractivity contribution is 0.761. The van der Waals surface area contributed by atoms with Crippen LogP contribution in [0.15, 0.2) is 54.8 Å². The summed E-state index contributed by atoms with van der Waals surface area (Å²) in [6, 6.07) is 11.1. The Kier molecular flexibility index (Phi) is 2.07. The Labute approximate surface area is 92.7 Å². The molecule has 1 aliphatic heterocycles. The molecule has 1 aromatic carbocycles. The topological polar surface area (TPSA) is 12.0 Å². The highest BCUT2D eigenvalue weighted by Gasteiger charge is 2.10. The van der Waals surface area contributed by atoms with Crippen molar-refractivity contribution in [2.75, 3.05) is 0 Å². The summed E-state index contributed by atoms with van der Waals surface area (Å²) in [6.07, 6.45) is 8.29. The van der Waals surface area contributed by atoms with Crippen LogP contribution in [0.5, 0.6) is 0 Å². The van der Waals surface area contributed by atoms with Crippen LogP contribution >= 0.6 is 11.3 Å². The summed E-state index contributed by atoms with van der Waals surface area (Å²) in [6.45, 7) is 0. The Bertz CT molecular complexity index is 503. The van der Waals surface area contributed by atoms with E-state index in [9.17, 15) is 0 Å². The zero-order valence-electron chi connectivity index (χ0n) is 8.18. The molecule has 3 rings (SSSR count). The molecule has 0 spiro atoms. The first-order valence-corrected chi connectivity index (χ1v) is 5.83. The third kappa shape index (κ3) is 1.57. The second-order valence-corrected chi connectivity index (χ2v) is 4.69. The molecule has 1 atom stereocenters. The van der Waals surface area contributed by atoms with Crippen molar-refractivity contribution in [3.8, 4) is 0 Å². The van der Waals surface area contributed by atoms with E-state index in [-0.39, 0.29) is 0 Å². The number of allylic oxidation sites excluding steroid dienone is 2. The fraction of sp³-hybridized carbons (Fsp3) is 0.0769. The number of benzene rings is 1. The number of dihydropyridines is 1. The minimum absolute atomic E-state index is 0.340. The number of fused-ring (bicyclic) bond motifs is 1. The van der Waals surface area contributed by atoms with Crippen LogP contribution in [0.2, 0.25) is 0 Å². The molecule has 1 aromatic heterocycles. The number of nitrogens with one attached hydrogen (secondary N) is 1. The lowest BCUT2D eigenvalue weighted by Gasteiger charge is -2.13. The van der Waals surface area contributed by atoms with Crippen LogP contribution in [0.3, 0.4) is 0 Å². The van der Waals surface area contributed by atoms with Crippen molar-refractivity contribution in [2.24, 2.45) is 0 Å². The molecule has 2 aromatic rings. The first-order valence-electron chi connectivity index (χ1n) is 5.01. The largest absolute Gasteiger partial charge is 0.380 e. The fourth-order valence-corrected chi connectivity index (χ4v) is 2.88. The predicted molar refractivity (Wildman–Crippen MR) is 66.0 cm³/mol. The van der Waals surface area contributed by atoms with E-state index in [1.807, 2.05) is 23.6 Å². The zero-order valence-corrected chi connectivity index (χ0v) is 9.00. The first kappa shape index (κ1) is 8.74. The van der Waals surface area contributed by atoms with Crippen LogP contribution in [-0.4, -0.2) is 0 Å². The summed E-state index contributed by atoms with van der Waals surface area (Å²) in [4.78, 5) is 1.37. The first-order chi connectivity index (χ1) is 7.43. The quantitative estimate of drug-likeness (QED) is 0.763. The normalized spacial score (nSPS) is 19.3. The lowest BCUT2D eigenvalue weighted by atomic mass is 10.1. The minimum atomic E-state index is 0.340. The standard InChI is InChI=1S/C13H11NS/c1-2-7-12-10(5-1)9-13(15-12)11-6-3-4-8-14-11/h1-9,11,14H. The summed E-state index contributed by atoms with van der Waals surface area (Å²) in [5, 5.41) is 4.67. The summed E-state index contributed by atoms with van der Waals surface area (Å²) in [7, 11) is 0.